The topological polar surface area (TPSA) is 94.2 Å². The first kappa shape index (κ1) is 21.5. The van der Waals surface area contributed by atoms with E-state index >= 15 is 0 Å². The van der Waals surface area contributed by atoms with E-state index in [0.717, 1.165) is 60.6 Å². The van der Waals surface area contributed by atoms with Gasteiger partial charge in [-0.25, -0.2) is 9.37 Å². The van der Waals surface area contributed by atoms with Crippen LogP contribution in [0.5, 0.6) is 0 Å². The lowest BCUT2D eigenvalue weighted by Crippen LogP contribution is -2.46. The van der Waals surface area contributed by atoms with Gasteiger partial charge in [-0.15, -0.1) is 0 Å². The molecule has 33 heavy (non-hydrogen) atoms. The van der Waals surface area contributed by atoms with Gasteiger partial charge >= 0.3 is 0 Å². The van der Waals surface area contributed by atoms with Crippen molar-refractivity contribution in [3.63, 3.8) is 0 Å². The molecule has 0 bridgehead atoms. The van der Waals surface area contributed by atoms with Gasteiger partial charge in [0.1, 0.15) is 11.9 Å². The second-order valence-electron chi connectivity index (χ2n) is 8.75. The molecule has 9 heteroatoms. The molecule has 1 aliphatic carbocycles. The zero-order valence-corrected chi connectivity index (χ0v) is 18.6. The molecule has 2 atom stereocenters. The normalized spacial score (nSPS) is 20.7. The first-order chi connectivity index (χ1) is 16.0. The molecule has 8 nitrogen and oxygen atoms in total. The smallest absolute Gasteiger partial charge is 0.270 e. The Balaban J connectivity index is 1.17. The number of nitrogens with zero attached hydrogens (tertiary/aromatic N) is 4. The number of H-pyrrole nitrogens is 1. The molecule has 2 unspecified atom stereocenters. The molecule has 1 amide bonds. The summed E-state index contributed by atoms with van der Waals surface area (Å²) in [6.45, 7) is 6.17. The molecule has 172 valence electrons. The Kier molecular flexibility index (Phi) is 5.80. The van der Waals surface area contributed by atoms with E-state index in [1.54, 1.807) is 12.3 Å². The van der Waals surface area contributed by atoms with Crippen LogP contribution >= 0.6 is 0 Å². The van der Waals surface area contributed by atoms with Gasteiger partial charge in [-0.05, 0) is 36.2 Å². The van der Waals surface area contributed by atoms with Crippen molar-refractivity contribution >= 4 is 22.6 Å². The molecule has 4 heterocycles. The summed E-state index contributed by atoms with van der Waals surface area (Å²) in [6.07, 6.45) is 3.74. The summed E-state index contributed by atoms with van der Waals surface area (Å²) in [7, 11) is 0. The van der Waals surface area contributed by atoms with Crippen LogP contribution in [0, 0.1) is 0 Å². The monoisotopic (exact) mass is 450 g/mol. The summed E-state index contributed by atoms with van der Waals surface area (Å²) >= 11 is 0. The Labute approximate surface area is 190 Å². The number of hydrogen-bond donors (Lipinski definition) is 2. The van der Waals surface area contributed by atoms with Crippen molar-refractivity contribution in [3.05, 3.63) is 63.8 Å². The van der Waals surface area contributed by atoms with Crippen molar-refractivity contribution in [1.82, 2.24) is 25.2 Å². The van der Waals surface area contributed by atoms with Crippen LogP contribution in [0.2, 0.25) is 0 Å². The molecule has 2 fully saturated rings. The third-order valence-electron chi connectivity index (χ3n) is 6.36. The van der Waals surface area contributed by atoms with E-state index in [1.807, 2.05) is 31.3 Å². The summed E-state index contributed by atoms with van der Waals surface area (Å²) in [5.74, 6) is -0.326. The summed E-state index contributed by atoms with van der Waals surface area (Å²) in [4.78, 5) is 40.6. The summed E-state index contributed by atoms with van der Waals surface area (Å²) in [5, 5.41) is 2.65. The molecule has 2 N–H and O–H groups in total. The highest BCUT2D eigenvalue weighted by Gasteiger charge is 2.39. The molecule has 1 saturated heterocycles. The van der Waals surface area contributed by atoms with Crippen LogP contribution in [0.25, 0.3) is 11.0 Å². The van der Waals surface area contributed by atoms with Crippen molar-refractivity contribution in [1.29, 1.82) is 0 Å². The molecule has 0 aromatic carbocycles. The third-order valence-corrected chi connectivity index (χ3v) is 6.36. The van der Waals surface area contributed by atoms with Crippen LogP contribution < -0.4 is 15.8 Å². The van der Waals surface area contributed by atoms with Crippen LogP contribution in [0.4, 0.5) is 10.1 Å². The maximum atomic E-state index is 13.0. The van der Waals surface area contributed by atoms with Crippen molar-refractivity contribution in [2.75, 3.05) is 31.1 Å². The second kappa shape index (κ2) is 8.90. The molecule has 1 aliphatic heterocycles. The Hall–Kier alpha value is -3.33. The van der Waals surface area contributed by atoms with Gasteiger partial charge in [-0.3, -0.25) is 19.5 Å². The number of carbonyl (C=O) groups excluding carboxylic acids is 1. The quantitative estimate of drug-likeness (QED) is 0.597. The van der Waals surface area contributed by atoms with E-state index in [2.05, 4.69) is 30.1 Å². The number of carbonyl (C=O) groups is 1. The fourth-order valence-electron chi connectivity index (χ4n) is 4.20. The summed E-state index contributed by atoms with van der Waals surface area (Å²) in [5.41, 5.74) is 4.63. The van der Waals surface area contributed by atoms with Crippen molar-refractivity contribution in [2.45, 2.75) is 38.5 Å². The molecule has 5 rings (SSSR count). The van der Waals surface area contributed by atoms with E-state index in [4.69, 9.17) is 0 Å². The van der Waals surface area contributed by atoms with Crippen LogP contribution in [0.15, 0.2) is 41.5 Å². The predicted octanol–water partition coefficient (Wildman–Crippen LogP) is 2.04. The number of aromatic amines is 1. The highest BCUT2D eigenvalue weighted by Crippen LogP contribution is 2.25. The lowest BCUT2D eigenvalue weighted by molar-refractivity contribution is 0.0942. The fraction of sp³-hybridized carbons (Fsp3) is 0.417. The lowest BCUT2D eigenvalue weighted by Gasteiger charge is -2.36. The number of amides is 1. The number of fused-ring (bicyclic) bond motifs is 1. The van der Waals surface area contributed by atoms with Gasteiger partial charge in [-0.2, -0.15) is 0 Å². The van der Waals surface area contributed by atoms with Crippen LogP contribution in [-0.2, 0) is 13.0 Å². The van der Waals surface area contributed by atoms with E-state index in [9.17, 15) is 14.0 Å². The van der Waals surface area contributed by atoms with Crippen molar-refractivity contribution in [2.24, 2.45) is 0 Å². The van der Waals surface area contributed by atoms with Gasteiger partial charge in [0.05, 0.1) is 29.0 Å². The van der Waals surface area contributed by atoms with Gasteiger partial charge in [-0.1, -0.05) is 6.92 Å². The fourth-order valence-corrected chi connectivity index (χ4v) is 4.20. The Morgan fingerprint density at radius 2 is 1.97 bits per heavy atom. The molecule has 3 aromatic rings. The molecule has 2 aliphatic rings. The first-order valence-corrected chi connectivity index (χ1v) is 11.4. The summed E-state index contributed by atoms with van der Waals surface area (Å²) in [6, 6.07) is 7.10. The van der Waals surface area contributed by atoms with Crippen LogP contribution in [-0.4, -0.2) is 64.2 Å². The van der Waals surface area contributed by atoms with E-state index < -0.39 is 6.17 Å². The van der Waals surface area contributed by atoms with Gasteiger partial charge in [0.2, 0.25) is 0 Å². The Bertz CT molecular complexity index is 1220. The van der Waals surface area contributed by atoms with Crippen molar-refractivity contribution < 1.29 is 9.18 Å². The average molecular weight is 451 g/mol. The number of halogens is 1. The number of nitrogens with one attached hydrogen (secondary N) is 2. The number of anilines is 1. The number of piperazine rings is 1. The minimum absolute atomic E-state index is 0.0474. The average Bonchev–Trinajstić information content (AvgIpc) is 3.53. The maximum Gasteiger partial charge on any atom is 0.270 e. The van der Waals surface area contributed by atoms with Gasteiger partial charge in [0.25, 0.3) is 11.5 Å². The number of hydrogen-bond acceptors (Lipinski definition) is 6. The first-order valence-electron chi connectivity index (χ1n) is 11.4. The van der Waals surface area contributed by atoms with E-state index in [1.165, 1.54) is 0 Å². The SMILES string of the molecule is CCc1cc2ncc(CN3CCN(c4ccc(C(=O)NC5CC5F)nc4)CC3)cc2[nH]c1=O. The van der Waals surface area contributed by atoms with Gasteiger partial charge in [0, 0.05) is 50.9 Å². The zero-order chi connectivity index (χ0) is 22.9. The predicted molar refractivity (Wildman–Crippen MR) is 124 cm³/mol. The van der Waals surface area contributed by atoms with Crippen LogP contribution in [0.1, 0.15) is 35.0 Å². The zero-order valence-electron chi connectivity index (χ0n) is 18.6. The van der Waals surface area contributed by atoms with Gasteiger partial charge in [0.15, 0.2) is 0 Å². The third kappa shape index (κ3) is 4.73. The van der Waals surface area contributed by atoms with Crippen LogP contribution in [0.3, 0.4) is 0 Å². The number of aryl methyl sites for hydroxylation is 1. The molecule has 3 aromatic heterocycles. The molecular weight excluding hydrogens is 423 g/mol. The summed E-state index contributed by atoms with van der Waals surface area (Å²) < 4.78 is 13.0. The standard InChI is InChI=1S/C24H27FN6O2/c1-2-16-10-21-22(29-23(16)32)9-15(12-26-21)14-30-5-7-31(8-6-30)17-3-4-19(27-13-17)24(33)28-20-11-18(20)25/h3-4,9-10,12-13,18,20H,2,5-8,11,14H2,1H3,(H,28,33)(H,29,32). The molecular formula is C24H27FN6O2. The van der Waals surface area contributed by atoms with Crippen molar-refractivity contribution in [3.8, 4) is 0 Å². The minimum Gasteiger partial charge on any atom is -0.368 e. The number of alkyl halides is 1. The Morgan fingerprint density at radius 3 is 2.64 bits per heavy atom. The highest BCUT2D eigenvalue weighted by atomic mass is 19.1. The maximum absolute atomic E-state index is 13.0. The van der Waals surface area contributed by atoms with E-state index in [0.29, 0.717) is 18.5 Å². The highest BCUT2D eigenvalue weighted by molar-refractivity contribution is 5.93. The minimum atomic E-state index is -0.925. The van der Waals surface area contributed by atoms with E-state index in [-0.39, 0.29) is 17.5 Å². The molecule has 1 saturated carbocycles. The second-order valence-corrected chi connectivity index (χ2v) is 8.75. The van der Waals surface area contributed by atoms with Gasteiger partial charge < -0.3 is 15.2 Å². The number of aromatic nitrogens is 3. The number of rotatable bonds is 6. The lowest BCUT2D eigenvalue weighted by atomic mass is 10.1. The number of pyridine rings is 3. The molecule has 0 spiro atoms. The largest absolute Gasteiger partial charge is 0.368 e. The Morgan fingerprint density at radius 1 is 1.18 bits per heavy atom. The molecule has 0 radical (unpaired) electrons.